The Bertz CT molecular complexity index is 373. The van der Waals surface area contributed by atoms with Crippen molar-refractivity contribution in [1.82, 2.24) is 14.7 Å². The number of aromatic nitrogens is 2. The molecule has 0 N–H and O–H groups in total. The number of carbonyl (C=O) groups is 1. The van der Waals surface area contributed by atoms with Crippen molar-refractivity contribution < 1.29 is 4.79 Å². The molecular formula is C11H16ClN3O. The fourth-order valence-electron chi connectivity index (χ4n) is 1.94. The standard InChI is InChI=1S/C11H16ClN3O/c1-14-8-9(7-13-14)11(16)15(6-5-12)10-3-2-4-10/h7-8,10H,2-6H2,1H3. The Hall–Kier alpha value is -1.03. The predicted octanol–water partition coefficient (Wildman–Crippen LogP) is 1.65. The summed E-state index contributed by atoms with van der Waals surface area (Å²) >= 11 is 5.74. The molecule has 0 saturated heterocycles. The number of nitrogens with zero attached hydrogens (tertiary/aromatic N) is 3. The van der Waals surface area contributed by atoms with Gasteiger partial charge in [-0.05, 0) is 19.3 Å². The van der Waals surface area contributed by atoms with Gasteiger partial charge in [0.2, 0.25) is 0 Å². The minimum atomic E-state index is 0.0541. The maximum Gasteiger partial charge on any atom is 0.257 e. The van der Waals surface area contributed by atoms with Gasteiger partial charge in [-0.15, -0.1) is 11.6 Å². The molecule has 1 aromatic heterocycles. The van der Waals surface area contributed by atoms with Crippen molar-refractivity contribution >= 4 is 17.5 Å². The highest BCUT2D eigenvalue weighted by atomic mass is 35.5. The van der Waals surface area contributed by atoms with Gasteiger partial charge in [0, 0.05) is 31.7 Å². The predicted molar refractivity (Wildman–Crippen MR) is 62.6 cm³/mol. The van der Waals surface area contributed by atoms with E-state index >= 15 is 0 Å². The number of alkyl halides is 1. The first-order valence-electron chi connectivity index (χ1n) is 5.58. The summed E-state index contributed by atoms with van der Waals surface area (Å²) in [4.78, 5) is 14.1. The van der Waals surface area contributed by atoms with Crippen molar-refractivity contribution in [2.45, 2.75) is 25.3 Å². The van der Waals surface area contributed by atoms with Crippen molar-refractivity contribution in [1.29, 1.82) is 0 Å². The van der Waals surface area contributed by atoms with Crippen LogP contribution in [0.1, 0.15) is 29.6 Å². The molecule has 2 rings (SSSR count). The second kappa shape index (κ2) is 4.87. The fraction of sp³-hybridized carbons (Fsp3) is 0.636. The maximum absolute atomic E-state index is 12.2. The molecule has 1 aliphatic carbocycles. The Kier molecular flexibility index (Phi) is 3.49. The first-order chi connectivity index (χ1) is 7.72. The zero-order valence-corrected chi connectivity index (χ0v) is 10.2. The highest BCUT2D eigenvalue weighted by Gasteiger charge is 2.29. The van der Waals surface area contributed by atoms with Crippen LogP contribution >= 0.6 is 11.6 Å². The molecule has 1 saturated carbocycles. The van der Waals surface area contributed by atoms with Crippen molar-refractivity contribution in [2.75, 3.05) is 12.4 Å². The molecule has 1 heterocycles. The van der Waals surface area contributed by atoms with Crippen LogP contribution in [0.3, 0.4) is 0 Å². The van der Waals surface area contributed by atoms with Crippen LogP contribution in [0, 0.1) is 0 Å². The smallest absolute Gasteiger partial charge is 0.257 e. The quantitative estimate of drug-likeness (QED) is 0.752. The van der Waals surface area contributed by atoms with Crippen molar-refractivity contribution in [3.63, 3.8) is 0 Å². The van der Waals surface area contributed by atoms with Crippen LogP contribution in [-0.4, -0.2) is 39.1 Å². The average molecular weight is 242 g/mol. The third-order valence-electron chi connectivity index (χ3n) is 3.05. The summed E-state index contributed by atoms with van der Waals surface area (Å²) in [6, 6.07) is 0.381. The number of aryl methyl sites for hydroxylation is 1. The summed E-state index contributed by atoms with van der Waals surface area (Å²) in [6.07, 6.45) is 6.78. The molecular weight excluding hydrogens is 226 g/mol. The largest absolute Gasteiger partial charge is 0.334 e. The van der Waals surface area contributed by atoms with E-state index in [0.717, 1.165) is 12.8 Å². The Morgan fingerprint density at radius 3 is 2.88 bits per heavy atom. The average Bonchev–Trinajstić information content (AvgIpc) is 2.60. The summed E-state index contributed by atoms with van der Waals surface area (Å²) in [6.45, 7) is 0.625. The lowest BCUT2D eigenvalue weighted by Gasteiger charge is -2.37. The van der Waals surface area contributed by atoms with Crippen LogP contribution in [0.15, 0.2) is 12.4 Å². The van der Waals surface area contributed by atoms with E-state index in [0.29, 0.717) is 24.0 Å². The summed E-state index contributed by atoms with van der Waals surface area (Å²) in [5, 5.41) is 4.02. The van der Waals surface area contributed by atoms with E-state index < -0.39 is 0 Å². The first kappa shape index (κ1) is 11.5. The molecule has 1 amide bonds. The molecule has 88 valence electrons. The molecule has 4 nitrogen and oxygen atoms in total. The molecule has 0 aliphatic heterocycles. The van der Waals surface area contributed by atoms with E-state index in [1.165, 1.54) is 6.42 Å². The molecule has 0 bridgehead atoms. The fourth-order valence-corrected chi connectivity index (χ4v) is 2.12. The number of halogens is 1. The Morgan fingerprint density at radius 2 is 2.44 bits per heavy atom. The van der Waals surface area contributed by atoms with Crippen LogP contribution in [0.25, 0.3) is 0 Å². The molecule has 0 radical (unpaired) electrons. The SMILES string of the molecule is Cn1cc(C(=O)N(CCCl)C2CCC2)cn1. The lowest BCUT2D eigenvalue weighted by molar-refractivity contribution is 0.0598. The van der Waals surface area contributed by atoms with E-state index in [1.54, 1.807) is 17.1 Å². The second-order valence-electron chi connectivity index (χ2n) is 4.17. The van der Waals surface area contributed by atoms with Crippen LogP contribution < -0.4 is 0 Å². The van der Waals surface area contributed by atoms with Gasteiger partial charge in [-0.2, -0.15) is 5.10 Å². The molecule has 0 unspecified atom stereocenters. The van der Waals surface area contributed by atoms with E-state index in [2.05, 4.69) is 5.10 Å². The first-order valence-corrected chi connectivity index (χ1v) is 6.11. The van der Waals surface area contributed by atoms with Gasteiger partial charge in [0.15, 0.2) is 0 Å². The van der Waals surface area contributed by atoms with Gasteiger partial charge in [-0.3, -0.25) is 9.48 Å². The second-order valence-corrected chi connectivity index (χ2v) is 4.55. The molecule has 1 fully saturated rings. The van der Waals surface area contributed by atoms with Gasteiger partial charge in [0.25, 0.3) is 5.91 Å². The van der Waals surface area contributed by atoms with E-state index in [1.807, 2.05) is 11.9 Å². The summed E-state index contributed by atoms with van der Waals surface area (Å²) in [5.41, 5.74) is 0.652. The van der Waals surface area contributed by atoms with Gasteiger partial charge in [-0.1, -0.05) is 0 Å². The van der Waals surface area contributed by atoms with E-state index in [4.69, 9.17) is 11.6 Å². The molecule has 16 heavy (non-hydrogen) atoms. The topological polar surface area (TPSA) is 38.1 Å². The monoisotopic (exact) mass is 241 g/mol. The number of amides is 1. The highest BCUT2D eigenvalue weighted by Crippen LogP contribution is 2.26. The zero-order chi connectivity index (χ0) is 11.5. The maximum atomic E-state index is 12.2. The minimum absolute atomic E-state index is 0.0541. The molecule has 1 aliphatic rings. The van der Waals surface area contributed by atoms with Crippen LogP contribution in [0.2, 0.25) is 0 Å². The van der Waals surface area contributed by atoms with E-state index in [-0.39, 0.29) is 5.91 Å². The molecule has 5 heteroatoms. The van der Waals surface area contributed by atoms with Crippen molar-refractivity contribution in [3.8, 4) is 0 Å². The number of rotatable bonds is 4. The Balaban J connectivity index is 2.09. The Labute approximate surface area is 100 Å². The molecule has 0 atom stereocenters. The number of hydrogen-bond donors (Lipinski definition) is 0. The minimum Gasteiger partial charge on any atom is -0.334 e. The van der Waals surface area contributed by atoms with E-state index in [9.17, 15) is 4.79 Å². The van der Waals surface area contributed by atoms with Gasteiger partial charge >= 0.3 is 0 Å². The van der Waals surface area contributed by atoms with Gasteiger partial charge in [0.05, 0.1) is 11.8 Å². The summed E-state index contributed by atoms with van der Waals surface area (Å²) in [7, 11) is 1.81. The van der Waals surface area contributed by atoms with Crippen molar-refractivity contribution in [2.24, 2.45) is 7.05 Å². The highest BCUT2D eigenvalue weighted by molar-refractivity contribution is 6.18. The summed E-state index contributed by atoms with van der Waals surface area (Å²) < 4.78 is 1.65. The number of carbonyl (C=O) groups excluding carboxylic acids is 1. The van der Waals surface area contributed by atoms with Crippen LogP contribution in [0.5, 0.6) is 0 Å². The zero-order valence-electron chi connectivity index (χ0n) is 9.40. The number of hydrogen-bond acceptors (Lipinski definition) is 2. The summed E-state index contributed by atoms with van der Waals surface area (Å²) in [5.74, 6) is 0.543. The van der Waals surface area contributed by atoms with Crippen LogP contribution in [-0.2, 0) is 7.05 Å². The third-order valence-corrected chi connectivity index (χ3v) is 3.22. The van der Waals surface area contributed by atoms with Gasteiger partial charge in [0.1, 0.15) is 0 Å². The van der Waals surface area contributed by atoms with Crippen molar-refractivity contribution in [3.05, 3.63) is 18.0 Å². The molecule has 1 aromatic rings. The molecule has 0 aromatic carbocycles. The lowest BCUT2D eigenvalue weighted by Crippen LogP contribution is -2.45. The third kappa shape index (κ3) is 2.21. The normalized spacial score (nSPS) is 15.9. The van der Waals surface area contributed by atoms with Gasteiger partial charge in [-0.25, -0.2) is 0 Å². The van der Waals surface area contributed by atoms with Crippen LogP contribution in [0.4, 0.5) is 0 Å². The van der Waals surface area contributed by atoms with Gasteiger partial charge < -0.3 is 4.90 Å². The molecule has 0 spiro atoms. The lowest BCUT2D eigenvalue weighted by atomic mass is 9.91. The Morgan fingerprint density at radius 1 is 1.69 bits per heavy atom.